The van der Waals surface area contributed by atoms with Crippen LogP contribution in [-0.2, 0) is 27.6 Å². The van der Waals surface area contributed by atoms with Crippen LogP contribution in [0.25, 0.3) is 0 Å². The van der Waals surface area contributed by atoms with Crippen LogP contribution in [0.5, 0.6) is 0 Å². The average molecular weight is 384 g/mol. The van der Waals surface area contributed by atoms with Crippen molar-refractivity contribution in [1.82, 2.24) is 9.78 Å². The molecule has 1 aromatic heterocycles. The van der Waals surface area contributed by atoms with Crippen LogP contribution >= 0.6 is 0 Å². The maximum atomic E-state index is 13.1. The fourth-order valence-electron chi connectivity index (χ4n) is 3.10. The van der Waals surface area contributed by atoms with Gasteiger partial charge in [0.1, 0.15) is 6.54 Å². The molecule has 0 spiro atoms. The van der Waals surface area contributed by atoms with Crippen LogP contribution in [0.2, 0.25) is 0 Å². The first-order valence-electron chi connectivity index (χ1n) is 8.43. The van der Waals surface area contributed by atoms with Gasteiger partial charge in [-0.05, 0) is 37.6 Å². The van der Waals surface area contributed by atoms with Gasteiger partial charge in [0.25, 0.3) is 0 Å². The molecule has 0 saturated heterocycles. The Balaban J connectivity index is 2.04. The maximum Gasteiger partial charge on any atom is 0.325 e. The lowest BCUT2D eigenvalue weighted by atomic mass is 10.0. The molecule has 0 aliphatic heterocycles. The zero-order valence-corrected chi connectivity index (χ0v) is 15.9. The SMILES string of the molecule is Cc1nn(CC(=O)O)c(C)c1Cc1ccccc1S(=O)(=O)c1ccccc1. The number of sulfone groups is 1. The van der Waals surface area contributed by atoms with Crippen LogP contribution in [-0.4, -0.2) is 29.3 Å². The highest BCUT2D eigenvalue weighted by atomic mass is 32.2. The number of carbonyl (C=O) groups is 1. The fourth-order valence-corrected chi connectivity index (χ4v) is 4.61. The third kappa shape index (κ3) is 3.78. The molecule has 0 unspecified atom stereocenters. The van der Waals surface area contributed by atoms with Crippen molar-refractivity contribution in [3.63, 3.8) is 0 Å². The van der Waals surface area contributed by atoms with Crippen molar-refractivity contribution in [2.24, 2.45) is 0 Å². The van der Waals surface area contributed by atoms with Gasteiger partial charge in [0.2, 0.25) is 9.84 Å². The van der Waals surface area contributed by atoms with E-state index in [0.717, 1.165) is 11.3 Å². The van der Waals surface area contributed by atoms with Gasteiger partial charge in [-0.2, -0.15) is 5.10 Å². The molecule has 7 heteroatoms. The number of rotatable bonds is 6. The Kier molecular flexibility index (Phi) is 5.14. The summed E-state index contributed by atoms with van der Waals surface area (Å²) in [6, 6.07) is 15.2. The molecule has 27 heavy (non-hydrogen) atoms. The molecule has 6 nitrogen and oxygen atoms in total. The molecule has 0 atom stereocenters. The molecule has 0 radical (unpaired) electrons. The highest BCUT2D eigenvalue weighted by Crippen LogP contribution is 2.27. The smallest absolute Gasteiger partial charge is 0.325 e. The number of carboxylic acid groups (broad SMARTS) is 1. The second kappa shape index (κ2) is 7.36. The molecule has 2 aromatic carbocycles. The van der Waals surface area contributed by atoms with Crippen LogP contribution < -0.4 is 0 Å². The number of hydrogen-bond donors (Lipinski definition) is 1. The van der Waals surface area contributed by atoms with Gasteiger partial charge >= 0.3 is 5.97 Å². The third-order valence-corrected chi connectivity index (χ3v) is 6.37. The standard InChI is InChI=1S/C20H20N2O4S/c1-14-18(15(2)22(21-14)13-20(23)24)12-16-8-6-7-11-19(16)27(25,26)17-9-4-3-5-10-17/h3-11H,12-13H2,1-2H3,(H,23,24). The van der Waals surface area contributed by atoms with Crippen molar-refractivity contribution in [3.05, 3.63) is 77.1 Å². The summed E-state index contributed by atoms with van der Waals surface area (Å²) in [5.74, 6) is -0.973. The Bertz CT molecular complexity index is 1090. The van der Waals surface area contributed by atoms with E-state index >= 15 is 0 Å². The highest BCUT2D eigenvalue weighted by molar-refractivity contribution is 7.91. The van der Waals surface area contributed by atoms with E-state index in [-0.39, 0.29) is 16.3 Å². The van der Waals surface area contributed by atoms with E-state index in [1.807, 2.05) is 0 Å². The highest BCUT2D eigenvalue weighted by Gasteiger charge is 2.22. The van der Waals surface area contributed by atoms with Crippen LogP contribution in [0, 0.1) is 13.8 Å². The summed E-state index contributed by atoms with van der Waals surface area (Å²) in [7, 11) is -3.65. The molecule has 140 valence electrons. The average Bonchev–Trinajstić information content (AvgIpc) is 2.89. The van der Waals surface area contributed by atoms with Gasteiger partial charge in [-0.3, -0.25) is 9.48 Å². The van der Waals surface area contributed by atoms with E-state index in [1.54, 1.807) is 68.4 Å². The summed E-state index contributed by atoms with van der Waals surface area (Å²) in [5.41, 5.74) is 2.91. The van der Waals surface area contributed by atoms with Crippen molar-refractivity contribution in [1.29, 1.82) is 0 Å². The molecule has 3 rings (SSSR count). The van der Waals surface area contributed by atoms with Gasteiger partial charge in [-0.25, -0.2) is 8.42 Å². The van der Waals surface area contributed by atoms with Gasteiger partial charge < -0.3 is 5.11 Å². The molecule has 3 aromatic rings. The van der Waals surface area contributed by atoms with E-state index < -0.39 is 15.8 Å². The first-order chi connectivity index (χ1) is 12.8. The summed E-state index contributed by atoms with van der Waals surface area (Å²) in [6.45, 7) is 3.37. The minimum Gasteiger partial charge on any atom is -0.480 e. The fraction of sp³-hybridized carbons (Fsp3) is 0.200. The summed E-state index contributed by atoms with van der Waals surface area (Å²) in [6.07, 6.45) is 0.361. The van der Waals surface area contributed by atoms with Crippen molar-refractivity contribution in [2.45, 2.75) is 36.6 Å². The van der Waals surface area contributed by atoms with E-state index in [1.165, 1.54) is 4.68 Å². The molecule has 0 saturated carbocycles. The molecule has 0 aliphatic carbocycles. The van der Waals surface area contributed by atoms with Gasteiger partial charge in [0.15, 0.2) is 0 Å². The summed E-state index contributed by atoms with van der Waals surface area (Å²) in [5, 5.41) is 13.3. The van der Waals surface area contributed by atoms with Crippen molar-refractivity contribution >= 4 is 15.8 Å². The van der Waals surface area contributed by atoms with E-state index in [9.17, 15) is 13.2 Å². The zero-order valence-electron chi connectivity index (χ0n) is 15.1. The molecule has 0 bridgehead atoms. The molecular formula is C20H20N2O4S. The summed E-state index contributed by atoms with van der Waals surface area (Å²) >= 11 is 0. The number of hydrogen-bond acceptors (Lipinski definition) is 4. The quantitative estimate of drug-likeness (QED) is 0.706. The minimum atomic E-state index is -3.65. The third-order valence-electron chi connectivity index (χ3n) is 4.50. The van der Waals surface area contributed by atoms with Gasteiger partial charge in [0, 0.05) is 17.7 Å². The summed E-state index contributed by atoms with van der Waals surface area (Å²) < 4.78 is 27.6. The Hall–Kier alpha value is -2.93. The largest absolute Gasteiger partial charge is 0.480 e. The van der Waals surface area contributed by atoms with Gasteiger partial charge in [-0.1, -0.05) is 36.4 Å². The Morgan fingerprint density at radius 2 is 1.67 bits per heavy atom. The zero-order chi connectivity index (χ0) is 19.6. The lowest BCUT2D eigenvalue weighted by Crippen LogP contribution is -2.12. The number of benzene rings is 2. The Labute approximate surface area is 158 Å². The van der Waals surface area contributed by atoms with Crippen molar-refractivity contribution in [2.75, 3.05) is 0 Å². The van der Waals surface area contributed by atoms with Crippen LogP contribution in [0.15, 0.2) is 64.4 Å². The van der Waals surface area contributed by atoms with Crippen molar-refractivity contribution < 1.29 is 18.3 Å². The monoisotopic (exact) mass is 384 g/mol. The lowest BCUT2D eigenvalue weighted by molar-refractivity contribution is -0.137. The van der Waals surface area contributed by atoms with Crippen LogP contribution in [0.3, 0.4) is 0 Å². The van der Waals surface area contributed by atoms with Gasteiger partial charge in [-0.15, -0.1) is 0 Å². The number of nitrogens with zero attached hydrogens (tertiary/aromatic N) is 2. The predicted octanol–water partition coefficient (Wildman–Crippen LogP) is 3.01. The van der Waals surface area contributed by atoms with Crippen LogP contribution in [0.1, 0.15) is 22.5 Å². The molecular weight excluding hydrogens is 364 g/mol. The van der Waals surface area contributed by atoms with E-state index in [4.69, 9.17) is 5.11 Å². The molecule has 0 amide bonds. The topological polar surface area (TPSA) is 89.3 Å². The van der Waals surface area contributed by atoms with Gasteiger partial charge in [0.05, 0.1) is 15.5 Å². The maximum absolute atomic E-state index is 13.1. The second-order valence-corrected chi connectivity index (χ2v) is 8.22. The molecule has 1 heterocycles. The second-order valence-electron chi connectivity index (χ2n) is 6.30. The van der Waals surface area contributed by atoms with Crippen molar-refractivity contribution in [3.8, 4) is 0 Å². The van der Waals surface area contributed by atoms with E-state index in [2.05, 4.69) is 5.10 Å². The minimum absolute atomic E-state index is 0.226. The number of aromatic nitrogens is 2. The first-order valence-corrected chi connectivity index (χ1v) is 9.91. The van der Waals surface area contributed by atoms with E-state index in [0.29, 0.717) is 17.7 Å². The predicted molar refractivity (Wildman–Crippen MR) is 100 cm³/mol. The Morgan fingerprint density at radius 1 is 1.04 bits per heavy atom. The number of carboxylic acids is 1. The molecule has 0 aliphatic rings. The molecule has 1 N–H and O–H groups in total. The number of aryl methyl sites for hydroxylation is 1. The normalized spacial score (nSPS) is 11.5. The molecule has 0 fully saturated rings. The lowest BCUT2D eigenvalue weighted by Gasteiger charge is -2.11. The van der Waals surface area contributed by atoms with Crippen LogP contribution in [0.4, 0.5) is 0 Å². The summed E-state index contributed by atoms with van der Waals surface area (Å²) in [4.78, 5) is 11.5. The number of aliphatic carboxylic acids is 1. The Morgan fingerprint density at radius 3 is 2.33 bits per heavy atom. The first kappa shape index (κ1) is 18.8.